The van der Waals surface area contributed by atoms with Gasteiger partial charge in [-0.25, -0.2) is 0 Å². The smallest absolute Gasteiger partial charge is 0.323 e. The van der Waals surface area contributed by atoms with Gasteiger partial charge in [-0.2, -0.15) is 0 Å². The van der Waals surface area contributed by atoms with Crippen molar-refractivity contribution in [2.24, 2.45) is 5.73 Å². The molecule has 13 heavy (non-hydrogen) atoms. The van der Waals surface area contributed by atoms with Crippen LogP contribution in [0.3, 0.4) is 0 Å². The van der Waals surface area contributed by atoms with Gasteiger partial charge >= 0.3 is 5.97 Å². The van der Waals surface area contributed by atoms with Gasteiger partial charge in [0.15, 0.2) is 0 Å². The molecule has 0 unspecified atom stereocenters. The summed E-state index contributed by atoms with van der Waals surface area (Å²) in [6.45, 7) is 11.0. The summed E-state index contributed by atoms with van der Waals surface area (Å²) in [6, 6.07) is -0.586. The lowest BCUT2D eigenvalue weighted by molar-refractivity contribution is -0.156. The third kappa shape index (κ3) is 6.34. The minimum atomic E-state index is -0.586. The maximum Gasteiger partial charge on any atom is 0.323 e. The number of rotatable bonds is 3. The Morgan fingerprint density at radius 1 is 1.54 bits per heavy atom. The van der Waals surface area contributed by atoms with Crippen LogP contribution in [0.5, 0.6) is 0 Å². The molecular weight excluding hydrogens is 166 g/mol. The molecule has 76 valence electrons. The van der Waals surface area contributed by atoms with Gasteiger partial charge in [-0.05, 0) is 34.1 Å². The fraction of sp³-hybridized carbons (Fsp3) is 0.700. The predicted octanol–water partition coefficient (Wildman–Crippen LogP) is 1.62. The van der Waals surface area contributed by atoms with Crippen LogP contribution in [0.25, 0.3) is 0 Å². The summed E-state index contributed by atoms with van der Waals surface area (Å²) < 4.78 is 5.10. The average Bonchev–Trinajstić information content (AvgIpc) is 1.81. The van der Waals surface area contributed by atoms with Crippen molar-refractivity contribution in [2.75, 3.05) is 0 Å². The van der Waals surface area contributed by atoms with Gasteiger partial charge in [-0.3, -0.25) is 4.79 Å². The quantitative estimate of drug-likeness (QED) is 0.537. The highest BCUT2D eigenvalue weighted by Gasteiger charge is 2.21. The molecule has 0 spiro atoms. The van der Waals surface area contributed by atoms with Gasteiger partial charge in [0, 0.05) is 0 Å². The number of hydrogen-bond donors (Lipinski definition) is 1. The maximum atomic E-state index is 11.3. The Morgan fingerprint density at radius 3 is 2.31 bits per heavy atom. The lowest BCUT2D eigenvalue weighted by Gasteiger charge is -2.22. The third-order valence-corrected chi connectivity index (χ3v) is 1.28. The summed E-state index contributed by atoms with van der Waals surface area (Å²) in [5.74, 6) is -0.365. The van der Waals surface area contributed by atoms with Crippen molar-refractivity contribution in [3.8, 4) is 0 Å². The van der Waals surface area contributed by atoms with Crippen LogP contribution in [0, 0.1) is 0 Å². The zero-order valence-corrected chi connectivity index (χ0v) is 8.89. The van der Waals surface area contributed by atoms with Crippen molar-refractivity contribution in [2.45, 2.75) is 45.8 Å². The number of nitrogens with two attached hydrogens (primary N) is 1. The second-order valence-electron chi connectivity index (χ2n) is 4.30. The van der Waals surface area contributed by atoms with Gasteiger partial charge in [-0.15, -0.1) is 6.58 Å². The van der Waals surface area contributed by atoms with Crippen molar-refractivity contribution in [1.82, 2.24) is 0 Å². The van der Waals surface area contributed by atoms with Crippen LogP contribution in [0.2, 0.25) is 0 Å². The summed E-state index contributed by atoms with van der Waals surface area (Å²) in [4.78, 5) is 11.3. The number of esters is 1. The molecule has 0 fully saturated rings. The second-order valence-corrected chi connectivity index (χ2v) is 4.30. The third-order valence-electron chi connectivity index (χ3n) is 1.28. The van der Waals surface area contributed by atoms with Crippen molar-refractivity contribution >= 4 is 5.97 Å². The molecule has 0 rings (SSSR count). The van der Waals surface area contributed by atoms with Crippen LogP contribution in [-0.4, -0.2) is 17.6 Å². The first kappa shape index (κ1) is 12.2. The van der Waals surface area contributed by atoms with Crippen LogP contribution in [0.4, 0.5) is 0 Å². The van der Waals surface area contributed by atoms with Crippen molar-refractivity contribution in [1.29, 1.82) is 0 Å². The molecule has 0 aromatic heterocycles. The lowest BCUT2D eigenvalue weighted by atomic mass is 10.1. The molecule has 1 atom stereocenters. The van der Waals surface area contributed by atoms with E-state index >= 15 is 0 Å². The van der Waals surface area contributed by atoms with Crippen molar-refractivity contribution in [3.05, 3.63) is 12.2 Å². The minimum Gasteiger partial charge on any atom is -0.459 e. The maximum absolute atomic E-state index is 11.3. The largest absolute Gasteiger partial charge is 0.459 e. The number of ether oxygens (including phenoxy) is 1. The summed E-state index contributed by atoms with van der Waals surface area (Å²) in [5, 5.41) is 0. The lowest BCUT2D eigenvalue weighted by Crippen LogP contribution is -2.37. The molecule has 0 saturated carbocycles. The Labute approximate surface area is 79.9 Å². The fourth-order valence-electron chi connectivity index (χ4n) is 0.836. The predicted molar refractivity (Wildman–Crippen MR) is 53.3 cm³/mol. The van der Waals surface area contributed by atoms with E-state index in [1.165, 1.54) is 0 Å². The van der Waals surface area contributed by atoms with Crippen LogP contribution in [0.1, 0.15) is 34.1 Å². The van der Waals surface area contributed by atoms with E-state index in [1.54, 1.807) is 0 Å². The Kier molecular flexibility index (Phi) is 4.14. The highest BCUT2D eigenvalue weighted by molar-refractivity contribution is 5.76. The molecule has 0 saturated heterocycles. The molecule has 0 radical (unpaired) electrons. The van der Waals surface area contributed by atoms with Gasteiger partial charge in [0.25, 0.3) is 0 Å². The molecule has 0 bridgehead atoms. The minimum absolute atomic E-state index is 0.365. The standard InChI is InChI=1S/C10H19NO2/c1-7(2)6-8(11)9(12)13-10(3,4)5/h8H,1,6,11H2,2-5H3/t8-/m1/s1. The molecular formula is C10H19NO2. The highest BCUT2D eigenvalue weighted by atomic mass is 16.6. The van der Waals surface area contributed by atoms with Crippen molar-refractivity contribution in [3.63, 3.8) is 0 Å². The number of carbonyl (C=O) groups excluding carboxylic acids is 1. The first-order chi connectivity index (χ1) is 5.72. The number of carbonyl (C=O) groups is 1. The van der Waals surface area contributed by atoms with Crippen LogP contribution in [0.15, 0.2) is 12.2 Å². The first-order valence-electron chi connectivity index (χ1n) is 4.35. The van der Waals surface area contributed by atoms with Crippen LogP contribution in [-0.2, 0) is 9.53 Å². The van der Waals surface area contributed by atoms with Gasteiger partial charge < -0.3 is 10.5 Å². The summed E-state index contributed by atoms with van der Waals surface area (Å²) in [5.41, 5.74) is 6.01. The molecule has 3 nitrogen and oxygen atoms in total. The van der Waals surface area contributed by atoms with E-state index < -0.39 is 11.6 Å². The summed E-state index contributed by atoms with van der Waals surface area (Å²) in [7, 11) is 0. The second kappa shape index (κ2) is 4.42. The van der Waals surface area contributed by atoms with E-state index in [1.807, 2.05) is 27.7 Å². The van der Waals surface area contributed by atoms with Crippen LogP contribution >= 0.6 is 0 Å². The molecule has 0 aliphatic heterocycles. The highest BCUT2D eigenvalue weighted by Crippen LogP contribution is 2.10. The molecule has 0 amide bonds. The van der Waals surface area contributed by atoms with Crippen molar-refractivity contribution < 1.29 is 9.53 Å². The SMILES string of the molecule is C=C(C)C[C@@H](N)C(=O)OC(C)(C)C. The molecule has 0 aromatic carbocycles. The summed E-state index contributed by atoms with van der Waals surface area (Å²) >= 11 is 0. The van der Waals surface area contributed by atoms with E-state index in [4.69, 9.17) is 10.5 Å². The molecule has 0 heterocycles. The Morgan fingerprint density at radius 2 is 2.00 bits per heavy atom. The molecule has 0 aliphatic carbocycles. The molecule has 0 aromatic rings. The average molecular weight is 185 g/mol. The molecule has 2 N–H and O–H groups in total. The molecule has 0 aliphatic rings. The van der Waals surface area contributed by atoms with Crippen LogP contribution < -0.4 is 5.73 Å². The topological polar surface area (TPSA) is 52.3 Å². The Hall–Kier alpha value is -0.830. The molecule has 3 heteroatoms. The zero-order chi connectivity index (χ0) is 10.6. The normalized spacial score (nSPS) is 13.6. The van der Waals surface area contributed by atoms with E-state index in [0.29, 0.717) is 6.42 Å². The van der Waals surface area contributed by atoms with E-state index in [0.717, 1.165) is 5.57 Å². The monoisotopic (exact) mass is 185 g/mol. The van der Waals surface area contributed by atoms with Gasteiger partial charge in [0.2, 0.25) is 0 Å². The van der Waals surface area contributed by atoms with Gasteiger partial charge in [0.1, 0.15) is 11.6 Å². The zero-order valence-electron chi connectivity index (χ0n) is 8.89. The van der Waals surface area contributed by atoms with E-state index in [9.17, 15) is 4.79 Å². The summed E-state index contributed by atoms with van der Waals surface area (Å²) in [6.07, 6.45) is 0.481. The Bertz CT molecular complexity index is 203. The first-order valence-corrected chi connectivity index (χ1v) is 4.35. The van der Waals surface area contributed by atoms with E-state index in [2.05, 4.69) is 6.58 Å². The van der Waals surface area contributed by atoms with Gasteiger partial charge in [-0.1, -0.05) is 5.57 Å². The Balaban J connectivity index is 4.05. The fourth-order valence-corrected chi connectivity index (χ4v) is 0.836. The van der Waals surface area contributed by atoms with E-state index in [-0.39, 0.29) is 5.97 Å². The van der Waals surface area contributed by atoms with Gasteiger partial charge in [0.05, 0.1) is 0 Å². The number of hydrogen-bond acceptors (Lipinski definition) is 3.